The molecule has 18 heavy (non-hydrogen) atoms. The van der Waals surface area contributed by atoms with Gasteiger partial charge in [-0.3, -0.25) is 4.79 Å². The highest BCUT2D eigenvalue weighted by Gasteiger charge is 2.47. The normalized spacial score (nSPS) is 20.5. The third-order valence-electron chi connectivity index (χ3n) is 2.74. The fraction of sp³-hybridized carbons (Fsp3) is 0.500. The first-order valence-electron chi connectivity index (χ1n) is 5.67. The van der Waals surface area contributed by atoms with Crippen molar-refractivity contribution in [1.82, 2.24) is 4.98 Å². The lowest BCUT2D eigenvalue weighted by Gasteiger charge is -2.19. The minimum absolute atomic E-state index is 0.0715. The lowest BCUT2D eigenvalue weighted by atomic mass is 9.83. The summed E-state index contributed by atoms with van der Waals surface area (Å²) in [5.41, 5.74) is 5.04. The second-order valence-corrected chi connectivity index (χ2v) is 4.55. The minimum atomic E-state index is -1.37. The molecule has 1 atom stereocenters. The second-order valence-electron chi connectivity index (χ2n) is 3.80. The molecule has 4 nitrogen and oxygen atoms in total. The zero-order valence-corrected chi connectivity index (χ0v) is 12.2. The van der Waals surface area contributed by atoms with E-state index in [1.165, 1.54) is 0 Å². The lowest BCUT2D eigenvalue weighted by molar-refractivity contribution is -0.124. The summed E-state index contributed by atoms with van der Waals surface area (Å²) in [4.78, 5) is 15.5. The SMILES string of the molecule is CC.Cc1cc2c(c(Br)n1)OCC2(CF)C(N)=O. The molecule has 1 aliphatic rings. The zero-order valence-electron chi connectivity index (χ0n) is 10.6. The molecule has 0 bridgehead atoms. The van der Waals surface area contributed by atoms with Gasteiger partial charge in [0.2, 0.25) is 5.91 Å². The van der Waals surface area contributed by atoms with Gasteiger partial charge in [-0.15, -0.1) is 0 Å². The van der Waals surface area contributed by atoms with E-state index in [0.29, 0.717) is 21.6 Å². The predicted molar refractivity (Wildman–Crippen MR) is 70.4 cm³/mol. The maximum Gasteiger partial charge on any atom is 0.234 e. The monoisotopic (exact) mass is 318 g/mol. The van der Waals surface area contributed by atoms with Crippen LogP contribution in [0.25, 0.3) is 0 Å². The molecule has 0 aromatic carbocycles. The van der Waals surface area contributed by atoms with Gasteiger partial charge in [0.05, 0.1) is 0 Å². The van der Waals surface area contributed by atoms with Gasteiger partial charge in [0.1, 0.15) is 23.3 Å². The number of nitrogens with two attached hydrogens (primary N) is 1. The second kappa shape index (κ2) is 5.65. The Kier molecular flexibility index (Phi) is 4.67. The molecule has 1 aliphatic heterocycles. The number of fused-ring (bicyclic) bond motifs is 1. The highest BCUT2D eigenvalue weighted by atomic mass is 79.9. The van der Waals surface area contributed by atoms with E-state index in [1.54, 1.807) is 13.0 Å². The summed E-state index contributed by atoms with van der Waals surface area (Å²) in [5, 5.41) is 0. The van der Waals surface area contributed by atoms with E-state index >= 15 is 0 Å². The van der Waals surface area contributed by atoms with E-state index in [4.69, 9.17) is 10.5 Å². The fourth-order valence-corrected chi connectivity index (χ4v) is 2.38. The minimum Gasteiger partial charge on any atom is -0.489 e. The number of alkyl halides is 1. The molecule has 2 rings (SSSR count). The quantitative estimate of drug-likeness (QED) is 0.851. The molecule has 0 saturated heterocycles. The van der Waals surface area contributed by atoms with Crippen molar-refractivity contribution < 1.29 is 13.9 Å². The van der Waals surface area contributed by atoms with Gasteiger partial charge in [0, 0.05) is 11.3 Å². The van der Waals surface area contributed by atoms with Crippen LogP contribution in [0.5, 0.6) is 5.75 Å². The number of carbonyl (C=O) groups excluding carboxylic acids is 1. The van der Waals surface area contributed by atoms with Gasteiger partial charge < -0.3 is 10.5 Å². The molecule has 2 heterocycles. The number of hydrogen-bond acceptors (Lipinski definition) is 3. The van der Waals surface area contributed by atoms with Crippen LogP contribution in [-0.2, 0) is 10.2 Å². The molecule has 1 amide bonds. The summed E-state index contributed by atoms with van der Waals surface area (Å²) in [6.45, 7) is 4.82. The molecular weight excluding hydrogens is 303 g/mol. The number of ether oxygens (including phenoxy) is 1. The molecule has 0 spiro atoms. The standard InChI is InChI=1S/C10H10BrFN2O2.C2H6/c1-5-2-6-7(8(11)14-5)16-4-10(6,3-12)9(13)15;1-2/h2H,3-4H2,1H3,(H2,13,15);1-2H3. The Morgan fingerprint density at radius 1 is 1.67 bits per heavy atom. The molecule has 2 N–H and O–H groups in total. The summed E-state index contributed by atoms with van der Waals surface area (Å²) in [5.74, 6) is -0.312. The molecule has 1 aromatic heterocycles. The number of hydrogen-bond donors (Lipinski definition) is 1. The number of halogens is 2. The first-order valence-corrected chi connectivity index (χ1v) is 6.47. The number of nitrogens with zero attached hydrogens (tertiary/aromatic N) is 1. The lowest BCUT2D eigenvalue weighted by Crippen LogP contribution is -2.44. The maximum atomic E-state index is 13.1. The third kappa shape index (κ3) is 2.21. The van der Waals surface area contributed by atoms with E-state index in [0.717, 1.165) is 0 Å². The number of primary amides is 1. The largest absolute Gasteiger partial charge is 0.489 e. The van der Waals surface area contributed by atoms with Gasteiger partial charge in [-0.05, 0) is 28.9 Å². The van der Waals surface area contributed by atoms with Crippen molar-refractivity contribution >= 4 is 21.8 Å². The first-order chi connectivity index (χ1) is 8.51. The number of rotatable bonds is 2. The van der Waals surface area contributed by atoms with Crippen LogP contribution in [0.2, 0.25) is 0 Å². The highest BCUT2D eigenvalue weighted by molar-refractivity contribution is 9.10. The molecule has 6 heteroatoms. The van der Waals surface area contributed by atoms with Gasteiger partial charge in [0.15, 0.2) is 5.75 Å². The Morgan fingerprint density at radius 2 is 2.28 bits per heavy atom. The molecule has 0 saturated carbocycles. The van der Waals surface area contributed by atoms with Crippen molar-refractivity contribution in [3.63, 3.8) is 0 Å². The van der Waals surface area contributed by atoms with E-state index < -0.39 is 18.0 Å². The van der Waals surface area contributed by atoms with Gasteiger partial charge >= 0.3 is 0 Å². The van der Waals surface area contributed by atoms with Crippen LogP contribution < -0.4 is 10.5 Å². The van der Waals surface area contributed by atoms with Gasteiger partial charge in [-0.2, -0.15) is 0 Å². The summed E-state index contributed by atoms with van der Waals surface area (Å²) in [7, 11) is 0. The molecule has 0 radical (unpaired) electrons. The molecular formula is C12H16BrFN2O2. The molecule has 0 fully saturated rings. The molecule has 0 aliphatic carbocycles. The van der Waals surface area contributed by atoms with Crippen LogP contribution in [-0.4, -0.2) is 24.2 Å². The average Bonchev–Trinajstić information content (AvgIpc) is 2.71. The number of aromatic nitrogens is 1. The van der Waals surface area contributed by atoms with Crippen LogP contribution in [0.3, 0.4) is 0 Å². The zero-order chi connectivity index (χ0) is 13.9. The smallest absolute Gasteiger partial charge is 0.234 e. The Morgan fingerprint density at radius 3 is 2.78 bits per heavy atom. The van der Waals surface area contributed by atoms with Crippen molar-refractivity contribution in [3.05, 3.63) is 21.9 Å². The maximum absolute atomic E-state index is 13.1. The predicted octanol–water partition coefficient (Wildman–Crippen LogP) is 2.26. The van der Waals surface area contributed by atoms with Crippen LogP contribution >= 0.6 is 15.9 Å². The summed E-state index contributed by atoms with van der Waals surface area (Å²) in [6, 6.07) is 1.64. The van der Waals surface area contributed by atoms with Crippen molar-refractivity contribution in [2.45, 2.75) is 26.2 Å². The van der Waals surface area contributed by atoms with E-state index in [-0.39, 0.29) is 6.61 Å². The summed E-state index contributed by atoms with van der Waals surface area (Å²) < 4.78 is 18.9. The van der Waals surface area contributed by atoms with Crippen molar-refractivity contribution in [2.24, 2.45) is 5.73 Å². The molecule has 1 unspecified atom stereocenters. The van der Waals surface area contributed by atoms with E-state index in [1.807, 2.05) is 13.8 Å². The van der Waals surface area contributed by atoms with Crippen LogP contribution in [0.1, 0.15) is 25.1 Å². The average molecular weight is 319 g/mol. The van der Waals surface area contributed by atoms with Gasteiger partial charge in [-0.25, -0.2) is 9.37 Å². The summed E-state index contributed by atoms with van der Waals surface area (Å²) >= 11 is 3.22. The number of carbonyl (C=O) groups is 1. The fourth-order valence-electron chi connectivity index (χ4n) is 1.77. The van der Waals surface area contributed by atoms with Crippen LogP contribution in [0, 0.1) is 6.92 Å². The first kappa shape index (κ1) is 14.9. The number of pyridine rings is 1. The van der Waals surface area contributed by atoms with Crippen molar-refractivity contribution in [2.75, 3.05) is 13.3 Å². The van der Waals surface area contributed by atoms with Gasteiger partial charge in [-0.1, -0.05) is 13.8 Å². The Hall–Kier alpha value is -1.17. The summed E-state index contributed by atoms with van der Waals surface area (Å²) in [6.07, 6.45) is 0. The van der Waals surface area contributed by atoms with E-state index in [2.05, 4.69) is 20.9 Å². The number of amides is 1. The van der Waals surface area contributed by atoms with Crippen molar-refractivity contribution in [3.8, 4) is 5.75 Å². The number of aryl methyl sites for hydroxylation is 1. The van der Waals surface area contributed by atoms with Crippen LogP contribution in [0.15, 0.2) is 10.7 Å². The Labute approximate surface area is 114 Å². The van der Waals surface area contributed by atoms with Crippen molar-refractivity contribution in [1.29, 1.82) is 0 Å². The highest BCUT2D eigenvalue weighted by Crippen LogP contribution is 2.43. The third-order valence-corrected chi connectivity index (χ3v) is 3.28. The molecule has 100 valence electrons. The topological polar surface area (TPSA) is 65.2 Å². The Balaban J connectivity index is 0.000000771. The van der Waals surface area contributed by atoms with Gasteiger partial charge in [0.25, 0.3) is 0 Å². The van der Waals surface area contributed by atoms with E-state index in [9.17, 15) is 9.18 Å². The molecule has 1 aromatic rings. The Bertz CT molecular complexity index is 468. The van der Waals surface area contributed by atoms with Crippen LogP contribution in [0.4, 0.5) is 4.39 Å².